The number of ether oxygens (including phenoxy) is 1. The van der Waals surface area contributed by atoms with Crippen molar-refractivity contribution in [2.75, 3.05) is 11.6 Å². The van der Waals surface area contributed by atoms with Crippen LogP contribution in [0.2, 0.25) is 0 Å². The zero-order valence-corrected chi connectivity index (χ0v) is 13.9. The van der Waals surface area contributed by atoms with Crippen molar-refractivity contribution in [1.82, 2.24) is 9.97 Å². The molecule has 1 heterocycles. The van der Waals surface area contributed by atoms with Crippen LogP contribution in [0.1, 0.15) is 16.7 Å². The fourth-order valence-corrected chi connectivity index (χ4v) is 2.11. The summed E-state index contributed by atoms with van der Waals surface area (Å²) in [5.41, 5.74) is 5.31. The van der Waals surface area contributed by atoms with Gasteiger partial charge in [-0.05, 0) is 18.6 Å². The Morgan fingerprint density at radius 3 is 2.54 bits per heavy atom. The van der Waals surface area contributed by atoms with E-state index in [9.17, 15) is 13.2 Å². The van der Waals surface area contributed by atoms with Crippen LogP contribution in [0, 0.1) is 6.92 Å². The summed E-state index contributed by atoms with van der Waals surface area (Å²) in [5.74, 6) is 5.90. The Hall–Kier alpha value is -2.85. The molecule has 1 aromatic carbocycles. The molecule has 0 saturated carbocycles. The van der Waals surface area contributed by atoms with Crippen molar-refractivity contribution in [3.8, 4) is 5.75 Å². The number of anilines is 1. The lowest BCUT2D eigenvalue weighted by Gasteiger charge is -2.16. The molecule has 0 aliphatic rings. The van der Waals surface area contributed by atoms with Gasteiger partial charge in [-0.3, -0.25) is 5.01 Å². The summed E-state index contributed by atoms with van der Waals surface area (Å²) in [5, 5.41) is 9.84. The van der Waals surface area contributed by atoms with Crippen LogP contribution in [0.15, 0.2) is 42.5 Å². The molecule has 2 rings (SSSR count). The van der Waals surface area contributed by atoms with E-state index < -0.39 is 11.7 Å². The molecule has 0 unspecified atom stereocenters. The van der Waals surface area contributed by atoms with E-state index in [4.69, 9.17) is 21.4 Å². The van der Waals surface area contributed by atoms with Gasteiger partial charge in [0.15, 0.2) is 5.75 Å². The molecule has 0 amide bonds. The predicted molar refractivity (Wildman–Crippen MR) is 88.6 cm³/mol. The minimum absolute atomic E-state index is 0.0446. The smallest absolute Gasteiger partial charge is 0.416 e. The Morgan fingerprint density at radius 2 is 1.96 bits per heavy atom. The number of alkyl halides is 3. The van der Waals surface area contributed by atoms with Gasteiger partial charge in [-0.25, -0.2) is 15.8 Å². The molecule has 0 aliphatic carbocycles. The van der Waals surface area contributed by atoms with E-state index in [0.717, 1.165) is 11.1 Å². The lowest BCUT2D eigenvalue weighted by molar-refractivity contribution is -0.138. The maximum atomic E-state index is 13.1. The second-order valence-electron chi connectivity index (χ2n) is 5.38. The van der Waals surface area contributed by atoms with Crippen LogP contribution >= 0.6 is 0 Å². The van der Waals surface area contributed by atoms with E-state index in [2.05, 4.69) is 9.97 Å². The van der Waals surface area contributed by atoms with Crippen molar-refractivity contribution >= 4 is 5.95 Å². The zero-order valence-electron chi connectivity index (χ0n) is 13.9. The number of hydrogen-bond donors (Lipinski definition) is 3. The molecule has 1 aromatic heterocycles. The van der Waals surface area contributed by atoms with E-state index in [1.54, 1.807) is 13.0 Å². The third kappa shape index (κ3) is 4.83. The lowest BCUT2D eigenvalue weighted by atomic mass is 10.0. The summed E-state index contributed by atoms with van der Waals surface area (Å²) in [6.45, 7) is 0.915. The van der Waals surface area contributed by atoms with Crippen LogP contribution in [0.5, 0.6) is 5.75 Å². The highest BCUT2D eigenvalue weighted by Gasteiger charge is 2.33. The average Bonchev–Trinajstić information content (AvgIpc) is 2.60. The van der Waals surface area contributed by atoms with Gasteiger partial charge in [0.1, 0.15) is 6.61 Å². The van der Waals surface area contributed by atoms with Gasteiger partial charge in [-0.2, -0.15) is 13.2 Å². The highest BCUT2D eigenvalue weighted by molar-refractivity contribution is 5.37. The second-order valence-corrected chi connectivity index (χ2v) is 5.38. The highest BCUT2D eigenvalue weighted by atomic mass is 19.4. The van der Waals surface area contributed by atoms with Crippen molar-refractivity contribution < 1.29 is 23.0 Å². The Bertz CT molecular complexity index is 778. The number of aryl methyl sites for hydroxylation is 1. The van der Waals surface area contributed by atoms with Crippen LogP contribution in [0.3, 0.4) is 0 Å². The van der Waals surface area contributed by atoms with Gasteiger partial charge in [0.05, 0.1) is 30.3 Å². The van der Waals surface area contributed by atoms with Crippen LogP contribution in [-0.4, -0.2) is 21.7 Å². The number of nitrogens with two attached hydrogens (primary N) is 2. The Kier molecular flexibility index (Phi) is 6.01. The molecule has 0 fully saturated rings. The molecule has 5 N–H and O–H groups in total. The molecular weight excluding hydrogens is 351 g/mol. The molecule has 140 valence electrons. The summed E-state index contributed by atoms with van der Waals surface area (Å²) in [7, 11) is 0. The third-order valence-electron chi connectivity index (χ3n) is 3.43. The number of halogens is 3. The Labute approximate surface area is 147 Å². The van der Waals surface area contributed by atoms with Crippen LogP contribution in [-0.2, 0) is 12.8 Å². The minimum Gasteiger partial charge on any atom is -0.486 e. The molecule has 0 radical (unpaired) electrons. The number of benzene rings is 1. The van der Waals surface area contributed by atoms with E-state index in [-0.39, 0.29) is 36.2 Å². The summed E-state index contributed by atoms with van der Waals surface area (Å²) >= 11 is 0. The van der Waals surface area contributed by atoms with Gasteiger partial charge in [0.2, 0.25) is 5.95 Å². The third-order valence-corrected chi connectivity index (χ3v) is 3.43. The number of aromatic nitrogens is 2. The molecular formula is C16H18F3N5O2. The van der Waals surface area contributed by atoms with Gasteiger partial charge in [-0.15, -0.1) is 0 Å². The monoisotopic (exact) mass is 369 g/mol. The second kappa shape index (κ2) is 8.02. The highest BCUT2D eigenvalue weighted by Crippen LogP contribution is 2.33. The molecule has 7 nitrogen and oxygen atoms in total. The normalized spacial score (nSPS) is 12.2. The molecule has 10 heteroatoms. The van der Waals surface area contributed by atoms with Crippen molar-refractivity contribution in [1.29, 1.82) is 0 Å². The first kappa shape index (κ1) is 19.5. The summed E-state index contributed by atoms with van der Waals surface area (Å²) < 4.78 is 44.7. The van der Waals surface area contributed by atoms with E-state index in [0.29, 0.717) is 5.56 Å². The fraction of sp³-hybridized carbons (Fsp3) is 0.250. The predicted octanol–water partition coefficient (Wildman–Crippen LogP) is 1.86. The largest absolute Gasteiger partial charge is 0.486 e. The number of aliphatic hydroxyl groups is 1. The number of nitrogens with zero attached hydrogens (tertiary/aromatic N) is 3. The first-order chi connectivity index (χ1) is 12.2. The van der Waals surface area contributed by atoms with Gasteiger partial charge in [0, 0.05) is 11.8 Å². The molecule has 26 heavy (non-hydrogen) atoms. The van der Waals surface area contributed by atoms with Gasteiger partial charge < -0.3 is 15.6 Å². The molecule has 0 saturated heterocycles. The number of aliphatic hydroxyl groups excluding tert-OH is 1. The average molecular weight is 369 g/mol. The summed E-state index contributed by atoms with van der Waals surface area (Å²) in [4.78, 5) is 7.87. The first-order valence-corrected chi connectivity index (χ1v) is 7.44. The maximum absolute atomic E-state index is 13.1. The number of hydrogen-bond acceptors (Lipinski definition) is 7. The molecule has 0 spiro atoms. The summed E-state index contributed by atoms with van der Waals surface area (Å²) in [6.07, 6.45) is -0.684. The zero-order chi connectivity index (χ0) is 19.3. The standard InChI is InChI=1S/C16H18F3N5O2/c1-10-3-2-4-14(16(17,18)19)13(10)9-26-12-5-22-15(23-6-12)24(21)7-11(20)8-25/h2-7,25H,8-9,20-21H2,1H3/b11-7-. The minimum atomic E-state index is -4.47. The van der Waals surface area contributed by atoms with Crippen molar-refractivity contribution in [2.45, 2.75) is 19.7 Å². The molecule has 0 atom stereocenters. The lowest BCUT2D eigenvalue weighted by Crippen LogP contribution is -2.28. The van der Waals surface area contributed by atoms with E-state index in [1.165, 1.54) is 24.7 Å². The number of rotatable bonds is 6. The van der Waals surface area contributed by atoms with E-state index in [1.807, 2.05) is 0 Å². The molecule has 2 aromatic rings. The maximum Gasteiger partial charge on any atom is 0.416 e. The van der Waals surface area contributed by atoms with Gasteiger partial charge in [0.25, 0.3) is 0 Å². The number of hydrazine groups is 1. The molecule has 0 bridgehead atoms. The van der Waals surface area contributed by atoms with E-state index >= 15 is 0 Å². The van der Waals surface area contributed by atoms with Crippen LogP contribution < -0.4 is 21.3 Å². The fourth-order valence-electron chi connectivity index (χ4n) is 2.11. The Morgan fingerprint density at radius 1 is 1.31 bits per heavy atom. The quantitative estimate of drug-likeness (QED) is 0.526. The van der Waals surface area contributed by atoms with Crippen molar-refractivity contribution in [3.05, 3.63) is 59.2 Å². The first-order valence-electron chi connectivity index (χ1n) is 7.44. The van der Waals surface area contributed by atoms with Crippen LogP contribution in [0.25, 0.3) is 0 Å². The summed E-state index contributed by atoms with van der Waals surface area (Å²) in [6, 6.07) is 3.94. The SMILES string of the molecule is Cc1cccc(C(F)(F)F)c1COc1cnc(N(N)/C=C(\N)CO)nc1. The van der Waals surface area contributed by atoms with Gasteiger partial charge in [-0.1, -0.05) is 12.1 Å². The van der Waals surface area contributed by atoms with Gasteiger partial charge >= 0.3 is 6.18 Å². The van der Waals surface area contributed by atoms with Crippen molar-refractivity contribution in [2.24, 2.45) is 11.6 Å². The Balaban J connectivity index is 2.12. The molecule has 0 aliphatic heterocycles. The topological polar surface area (TPSA) is 111 Å². The van der Waals surface area contributed by atoms with Crippen LogP contribution in [0.4, 0.5) is 19.1 Å². The van der Waals surface area contributed by atoms with Crippen molar-refractivity contribution in [3.63, 3.8) is 0 Å².